The molecule has 11 nitrogen and oxygen atoms in total. The molecule has 1 aliphatic heterocycles. The summed E-state index contributed by atoms with van der Waals surface area (Å²) >= 11 is 0. The molecule has 1 aliphatic rings. The fourth-order valence-electron chi connectivity index (χ4n) is 5.85. The number of hydrogen-bond acceptors (Lipinski definition) is 8. The number of nitrogen functional groups attached to an aromatic ring is 1. The first-order chi connectivity index (χ1) is 21.2. The quantitative estimate of drug-likeness (QED) is 0.261. The Labute approximate surface area is 254 Å². The van der Waals surface area contributed by atoms with E-state index in [1.54, 1.807) is 30.3 Å². The smallest absolute Gasteiger partial charge is 0.268 e. The number of likely N-dealkylation sites (N-methyl/N-ethyl adjacent to an activating group) is 1. The lowest BCUT2D eigenvalue weighted by Crippen LogP contribution is -2.43. The number of carbonyl (C=O) groups excluding carboxylic acids is 1. The van der Waals surface area contributed by atoms with Crippen molar-refractivity contribution < 1.29 is 13.2 Å². The fourth-order valence-corrected chi connectivity index (χ4v) is 7.38. The van der Waals surface area contributed by atoms with Gasteiger partial charge in [0, 0.05) is 38.1 Å². The van der Waals surface area contributed by atoms with Crippen LogP contribution in [-0.2, 0) is 16.6 Å². The van der Waals surface area contributed by atoms with E-state index in [1.807, 2.05) is 37.3 Å². The number of imidazole rings is 1. The molecule has 0 bridgehead atoms. The minimum Gasteiger partial charge on any atom is -0.383 e. The minimum atomic E-state index is -4.13. The Morgan fingerprint density at radius 1 is 0.977 bits per heavy atom. The molecule has 12 heteroatoms. The number of aryl methyl sites for hydroxylation is 1. The number of aromatic nitrogens is 5. The monoisotopic (exact) mass is 608 g/mol. The molecule has 1 fully saturated rings. The molecule has 7 rings (SSSR count). The van der Waals surface area contributed by atoms with Crippen LogP contribution < -0.4 is 5.73 Å². The molecule has 3 N–H and O–H groups in total. The maximum Gasteiger partial charge on any atom is 0.268 e. The van der Waals surface area contributed by atoms with E-state index in [-0.39, 0.29) is 22.0 Å². The van der Waals surface area contributed by atoms with Gasteiger partial charge in [0.15, 0.2) is 0 Å². The van der Waals surface area contributed by atoms with Crippen LogP contribution in [0.15, 0.2) is 83.9 Å². The highest BCUT2D eigenvalue weighted by Crippen LogP contribution is 2.30. The van der Waals surface area contributed by atoms with Gasteiger partial charge in [-0.15, -0.1) is 0 Å². The van der Waals surface area contributed by atoms with Gasteiger partial charge in [-0.1, -0.05) is 24.3 Å². The highest BCUT2D eigenvalue weighted by molar-refractivity contribution is 7.90. The summed E-state index contributed by atoms with van der Waals surface area (Å²) in [7, 11) is -2.01. The average Bonchev–Trinajstić information content (AvgIpc) is 3.71. The van der Waals surface area contributed by atoms with Gasteiger partial charge in [0.25, 0.3) is 10.0 Å². The number of piperazine rings is 1. The van der Waals surface area contributed by atoms with Crippen molar-refractivity contribution in [3.8, 4) is 5.69 Å². The second-order valence-corrected chi connectivity index (χ2v) is 13.1. The fraction of sp³-hybridized carbons (Fsp3) is 0.219. The predicted molar refractivity (Wildman–Crippen MR) is 170 cm³/mol. The second kappa shape index (κ2) is 10.7. The van der Waals surface area contributed by atoms with Crippen LogP contribution in [0.5, 0.6) is 0 Å². The molecule has 1 saturated heterocycles. The number of benzene rings is 3. The first-order valence-electron chi connectivity index (χ1n) is 14.4. The number of ketones is 1. The molecule has 44 heavy (non-hydrogen) atoms. The number of fused-ring (bicyclic) bond motifs is 2. The number of hydrogen-bond donors (Lipinski definition) is 2. The SMILES string of the molecule is Cc1nc2ccc(-n3ncc(C(=O)c4cc5cc(CN6CCN(C)CC6)ccc5n4S(=O)(=O)c4ccccc4)c3N)cc2[nH]1. The first-order valence-corrected chi connectivity index (χ1v) is 15.8. The number of nitrogens with zero attached hydrogens (tertiary/aromatic N) is 6. The Morgan fingerprint density at radius 3 is 2.52 bits per heavy atom. The van der Waals surface area contributed by atoms with Crippen molar-refractivity contribution in [3.63, 3.8) is 0 Å². The highest BCUT2D eigenvalue weighted by Gasteiger charge is 2.29. The molecule has 0 saturated carbocycles. The van der Waals surface area contributed by atoms with Crippen molar-refractivity contribution in [3.05, 3.63) is 102 Å². The third-order valence-electron chi connectivity index (χ3n) is 8.22. The van der Waals surface area contributed by atoms with Crippen molar-refractivity contribution in [2.24, 2.45) is 0 Å². The number of H-pyrrole nitrogens is 1. The predicted octanol–water partition coefficient (Wildman–Crippen LogP) is 3.81. The van der Waals surface area contributed by atoms with Crippen molar-refractivity contribution >= 4 is 43.6 Å². The number of nitrogens with two attached hydrogens (primary N) is 1. The van der Waals surface area contributed by atoms with Gasteiger partial charge in [-0.25, -0.2) is 22.1 Å². The Bertz CT molecular complexity index is 2140. The van der Waals surface area contributed by atoms with Gasteiger partial charge in [-0.2, -0.15) is 5.10 Å². The molecule has 0 radical (unpaired) electrons. The van der Waals surface area contributed by atoms with Crippen LogP contribution in [0.3, 0.4) is 0 Å². The zero-order chi connectivity index (χ0) is 30.6. The summed E-state index contributed by atoms with van der Waals surface area (Å²) in [4.78, 5) is 26.6. The molecule has 4 heterocycles. The highest BCUT2D eigenvalue weighted by atomic mass is 32.2. The van der Waals surface area contributed by atoms with E-state index in [2.05, 4.69) is 31.9 Å². The van der Waals surface area contributed by atoms with Crippen molar-refractivity contribution in [1.29, 1.82) is 0 Å². The lowest BCUT2D eigenvalue weighted by molar-refractivity contribution is 0.103. The Hall–Kier alpha value is -4.78. The Kier molecular flexibility index (Phi) is 6.84. The largest absolute Gasteiger partial charge is 0.383 e. The van der Waals surface area contributed by atoms with Crippen LogP contribution in [0, 0.1) is 6.92 Å². The normalized spacial score (nSPS) is 15.0. The van der Waals surface area contributed by atoms with E-state index in [1.165, 1.54) is 23.0 Å². The third-order valence-corrected chi connectivity index (χ3v) is 9.96. The van der Waals surface area contributed by atoms with Gasteiger partial charge in [-0.3, -0.25) is 9.69 Å². The van der Waals surface area contributed by atoms with E-state index in [9.17, 15) is 13.2 Å². The summed E-state index contributed by atoms with van der Waals surface area (Å²) < 4.78 is 30.7. The lowest BCUT2D eigenvalue weighted by Gasteiger charge is -2.32. The maximum absolute atomic E-state index is 14.2. The molecule has 224 valence electrons. The summed E-state index contributed by atoms with van der Waals surface area (Å²) in [5.41, 5.74) is 10.3. The minimum absolute atomic E-state index is 0.00787. The summed E-state index contributed by atoms with van der Waals surface area (Å²) in [6, 6.07) is 21.0. The molecule has 0 atom stereocenters. The number of anilines is 1. The Balaban J connectivity index is 1.32. The standard InChI is InChI=1S/C32H32N8O3S/c1-21-35-27-10-9-24(18-28(27)36-21)39-32(33)26(19-34-39)31(41)30-17-23-16-22(20-38-14-12-37(2)13-15-38)8-11-29(23)40(30)44(42,43)25-6-4-3-5-7-25/h3-11,16-19H,12-15,20,33H2,1-2H3,(H,35,36). The Morgan fingerprint density at radius 2 is 1.75 bits per heavy atom. The van der Waals surface area contributed by atoms with Crippen molar-refractivity contribution in [2.45, 2.75) is 18.4 Å². The van der Waals surface area contributed by atoms with Crippen LogP contribution in [0.4, 0.5) is 5.82 Å². The van der Waals surface area contributed by atoms with Crippen molar-refractivity contribution in [1.82, 2.24) is 33.5 Å². The van der Waals surface area contributed by atoms with Gasteiger partial charge in [0.1, 0.15) is 17.3 Å². The zero-order valence-corrected chi connectivity index (χ0v) is 25.3. The molecule has 3 aromatic carbocycles. The zero-order valence-electron chi connectivity index (χ0n) is 24.4. The summed E-state index contributed by atoms with van der Waals surface area (Å²) in [6.45, 7) is 6.52. The molecule has 0 amide bonds. The molecule has 0 aliphatic carbocycles. The maximum atomic E-state index is 14.2. The molecule has 0 unspecified atom stereocenters. The first kappa shape index (κ1) is 28.0. The number of aromatic amines is 1. The van der Waals surface area contributed by atoms with Gasteiger partial charge in [0.2, 0.25) is 5.78 Å². The van der Waals surface area contributed by atoms with Gasteiger partial charge in [0.05, 0.1) is 38.9 Å². The number of nitrogens with one attached hydrogen (secondary N) is 1. The van der Waals surface area contributed by atoms with Crippen LogP contribution in [0.1, 0.15) is 27.4 Å². The van der Waals surface area contributed by atoms with E-state index >= 15 is 0 Å². The lowest BCUT2D eigenvalue weighted by atomic mass is 10.1. The summed E-state index contributed by atoms with van der Waals surface area (Å²) in [5, 5.41) is 5.06. The topological polar surface area (TPSA) is 135 Å². The van der Waals surface area contributed by atoms with E-state index in [0.29, 0.717) is 16.6 Å². The molecule has 3 aromatic heterocycles. The van der Waals surface area contributed by atoms with E-state index in [0.717, 1.165) is 59.1 Å². The van der Waals surface area contributed by atoms with Gasteiger partial charge in [-0.05, 0) is 68.1 Å². The number of carbonyl (C=O) groups is 1. The molecular formula is C32H32N8O3S. The van der Waals surface area contributed by atoms with Crippen LogP contribution >= 0.6 is 0 Å². The van der Waals surface area contributed by atoms with Gasteiger partial charge >= 0.3 is 0 Å². The summed E-state index contributed by atoms with van der Waals surface area (Å²) in [6.07, 6.45) is 1.38. The molecular weight excluding hydrogens is 576 g/mol. The molecule has 0 spiro atoms. The van der Waals surface area contributed by atoms with Crippen LogP contribution in [0.25, 0.3) is 27.6 Å². The third kappa shape index (κ3) is 4.86. The van der Waals surface area contributed by atoms with Gasteiger partial charge < -0.3 is 15.6 Å². The average molecular weight is 609 g/mol. The van der Waals surface area contributed by atoms with Crippen molar-refractivity contribution in [2.75, 3.05) is 39.0 Å². The summed E-state index contributed by atoms with van der Waals surface area (Å²) in [5.74, 6) is 0.347. The van der Waals surface area contributed by atoms with Crippen LogP contribution in [0.2, 0.25) is 0 Å². The van der Waals surface area contributed by atoms with E-state index < -0.39 is 15.8 Å². The van der Waals surface area contributed by atoms with Crippen LogP contribution in [-0.4, -0.2) is 80.9 Å². The van der Waals surface area contributed by atoms with E-state index in [4.69, 9.17) is 5.73 Å². The number of rotatable bonds is 7. The second-order valence-electron chi connectivity index (χ2n) is 11.3. The molecule has 6 aromatic rings.